The number of carboxylic acids is 1. The lowest BCUT2D eigenvalue weighted by atomic mass is 9.73. The molecule has 1 saturated heterocycles. The second-order valence-corrected chi connectivity index (χ2v) is 8.14. The monoisotopic (exact) mass is 414 g/mol. The number of nitrogens with zero attached hydrogens (tertiary/aromatic N) is 2. The molecule has 0 aliphatic carbocycles. The van der Waals surface area contributed by atoms with Crippen molar-refractivity contribution in [1.29, 1.82) is 0 Å². The van der Waals surface area contributed by atoms with Crippen LogP contribution >= 0.6 is 0 Å². The lowest BCUT2D eigenvalue weighted by molar-refractivity contribution is -0.155. The zero-order chi connectivity index (χ0) is 21.1. The van der Waals surface area contributed by atoms with E-state index in [9.17, 15) is 18.7 Å². The molecule has 1 N–H and O–H groups in total. The molecule has 0 spiro atoms. The van der Waals surface area contributed by atoms with E-state index in [0.29, 0.717) is 56.6 Å². The van der Waals surface area contributed by atoms with Crippen molar-refractivity contribution in [1.82, 2.24) is 4.90 Å². The number of benzene rings is 2. The van der Waals surface area contributed by atoms with Gasteiger partial charge in [-0.05, 0) is 49.7 Å². The molecule has 0 bridgehead atoms. The Morgan fingerprint density at radius 2 is 1.83 bits per heavy atom. The molecule has 1 unspecified atom stereocenters. The molecule has 30 heavy (non-hydrogen) atoms. The number of hydrogen-bond acceptors (Lipinski definition) is 4. The van der Waals surface area contributed by atoms with Crippen molar-refractivity contribution >= 4 is 11.7 Å². The van der Waals surface area contributed by atoms with Crippen LogP contribution in [0.5, 0.6) is 0 Å². The van der Waals surface area contributed by atoms with Crippen LogP contribution in [-0.4, -0.2) is 40.9 Å². The highest BCUT2D eigenvalue weighted by Crippen LogP contribution is 2.39. The van der Waals surface area contributed by atoms with Crippen LogP contribution in [0.25, 0.3) is 0 Å². The van der Waals surface area contributed by atoms with Gasteiger partial charge in [0.25, 0.3) is 0 Å². The molecular formula is C23H24F2N2O3. The zero-order valence-corrected chi connectivity index (χ0v) is 16.6. The molecule has 158 valence electrons. The predicted octanol–water partition coefficient (Wildman–Crippen LogP) is 4.21. The number of aliphatic carboxylic acids is 1. The first-order valence-corrected chi connectivity index (χ1v) is 10.1. The van der Waals surface area contributed by atoms with Crippen molar-refractivity contribution in [2.45, 2.75) is 38.3 Å². The van der Waals surface area contributed by atoms with Gasteiger partial charge in [-0.25, -0.2) is 8.78 Å². The van der Waals surface area contributed by atoms with E-state index in [1.54, 1.807) is 30.3 Å². The number of oxime groups is 1. The predicted molar refractivity (Wildman–Crippen MR) is 108 cm³/mol. The first kappa shape index (κ1) is 20.5. The highest BCUT2D eigenvalue weighted by molar-refractivity contribution is 6.01. The van der Waals surface area contributed by atoms with Gasteiger partial charge in [0, 0.05) is 24.9 Å². The summed E-state index contributed by atoms with van der Waals surface area (Å²) < 4.78 is 27.1. The minimum Gasteiger partial charge on any atom is -0.481 e. The first-order chi connectivity index (χ1) is 14.4. The van der Waals surface area contributed by atoms with Gasteiger partial charge in [-0.3, -0.25) is 9.69 Å². The first-order valence-electron chi connectivity index (χ1n) is 10.1. The van der Waals surface area contributed by atoms with Crippen LogP contribution in [-0.2, 0) is 16.2 Å². The molecule has 2 aliphatic heterocycles. The Kier molecular flexibility index (Phi) is 5.81. The highest BCUT2D eigenvalue weighted by atomic mass is 19.1. The largest absolute Gasteiger partial charge is 0.481 e. The third-order valence-corrected chi connectivity index (χ3v) is 6.12. The number of carboxylic acid groups (broad SMARTS) is 1. The lowest BCUT2D eigenvalue weighted by Crippen LogP contribution is -2.45. The summed E-state index contributed by atoms with van der Waals surface area (Å²) in [4.78, 5) is 19.8. The van der Waals surface area contributed by atoms with Crippen molar-refractivity contribution < 1.29 is 23.5 Å². The fraction of sp³-hybridized carbons (Fsp3) is 0.391. The molecule has 2 aromatic carbocycles. The second-order valence-electron chi connectivity index (χ2n) is 8.14. The molecule has 7 heteroatoms. The van der Waals surface area contributed by atoms with E-state index >= 15 is 0 Å². The maximum atomic E-state index is 14.0. The number of piperidine rings is 1. The normalized spacial score (nSPS) is 21.1. The Hall–Kier alpha value is -2.80. The molecule has 0 saturated carbocycles. The average molecular weight is 414 g/mol. The number of likely N-dealkylation sites (tertiary alicyclic amines) is 1. The van der Waals surface area contributed by atoms with Crippen LogP contribution in [0.15, 0.2) is 53.7 Å². The van der Waals surface area contributed by atoms with E-state index in [2.05, 4.69) is 10.1 Å². The Labute approximate surface area is 174 Å². The van der Waals surface area contributed by atoms with E-state index in [-0.39, 0.29) is 17.7 Å². The van der Waals surface area contributed by atoms with Gasteiger partial charge in [0.15, 0.2) is 0 Å². The summed E-state index contributed by atoms with van der Waals surface area (Å²) in [7, 11) is 0. The molecule has 2 heterocycles. The lowest BCUT2D eigenvalue weighted by Gasteiger charge is -2.39. The van der Waals surface area contributed by atoms with Gasteiger partial charge in [0.1, 0.15) is 17.7 Å². The van der Waals surface area contributed by atoms with Crippen molar-refractivity contribution in [3.05, 3.63) is 71.3 Å². The van der Waals surface area contributed by atoms with E-state index in [4.69, 9.17) is 4.84 Å². The smallest absolute Gasteiger partial charge is 0.309 e. The number of halogens is 2. The SMILES string of the molecule is O=C(O)C1(CC2CC(c3ccccc3F)=NO2)CCN(Cc2ccc(F)cc2)CC1. The van der Waals surface area contributed by atoms with Gasteiger partial charge in [0.2, 0.25) is 0 Å². The van der Waals surface area contributed by atoms with Gasteiger partial charge >= 0.3 is 5.97 Å². The van der Waals surface area contributed by atoms with Crippen molar-refractivity contribution in [3.63, 3.8) is 0 Å². The van der Waals surface area contributed by atoms with Gasteiger partial charge in [-0.2, -0.15) is 0 Å². The summed E-state index contributed by atoms with van der Waals surface area (Å²) in [5.74, 6) is -1.45. The number of carbonyl (C=O) groups is 1. The van der Waals surface area contributed by atoms with Crippen molar-refractivity contribution in [3.8, 4) is 0 Å². The third-order valence-electron chi connectivity index (χ3n) is 6.12. The van der Waals surface area contributed by atoms with Crippen molar-refractivity contribution in [2.24, 2.45) is 10.6 Å². The van der Waals surface area contributed by atoms with Gasteiger partial charge < -0.3 is 9.94 Å². The quantitative estimate of drug-likeness (QED) is 0.769. The molecular weight excluding hydrogens is 390 g/mol. The van der Waals surface area contributed by atoms with Crippen LogP contribution < -0.4 is 0 Å². The summed E-state index contributed by atoms with van der Waals surface area (Å²) in [5, 5.41) is 14.0. The molecule has 5 nitrogen and oxygen atoms in total. The summed E-state index contributed by atoms with van der Waals surface area (Å²) in [6.07, 6.45) is 1.36. The van der Waals surface area contributed by atoms with Crippen LogP contribution in [0.4, 0.5) is 8.78 Å². The molecule has 1 fully saturated rings. The minimum atomic E-state index is -0.885. The average Bonchev–Trinajstić information content (AvgIpc) is 3.19. The zero-order valence-electron chi connectivity index (χ0n) is 16.6. The highest BCUT2D eigenvalue weighted by Gasteiger charge is 2.45. The van der Waals surface area contributed by atoms with E-state index in [1.807, 2.05) is 0 Å². The minimum absolute atomic E-state index is 0.268. The Bertz CT molecular complexity index is 938. The standard InChI is InChI=1S/C23H24F2N2O3/c24-17-7-5-16(6-8-17)15-27-11-9-23(10-12-27,22(28)29)14-18-13-21(26-30-18)19-3-1-2-4-20(19)25/h1-8,18H,9-15H2,(H,28,29). The fourth-order valence-corrected chi connectivity index (χ4v) is 4.32. The van der Waals surface area contributed by atoms with E-state index in [0.717, 1.165) is 5.56 Å². The third kappa shape index (κ3) is 4.36. The maximum absolute atomic E-state index is 14.0. The summed E-state index contributed by atoms with van der Waals surface area (Å²) >= 11 is 0. The van der Waals surface area contributed by atoms with E-state index < -0.39 is 11.4 Å². The number of rotatable bonds is 6. The molecule has 2 aliphatic rings. The van der Waals surface area contributed by atoms with Crippen molar-refractivity contribution in [2.75, 3.05) is 13.1 Å². The molecule has 0 radical (unpaired) electrons. The van der Waals surface area contributed by atoms with Crippen LogP contribution in [0, 0.1) is 17.0 Å². The van der Waals surface area contributed by atoms with Gasteiger partial charge in [-0.15, -0.1) is 0 Å². The summed E-state index contributed by atoms with van der Waals surface area (Å²) in [6.45, 7) is 1.94. The van der Waals surface area contributed by atoms with E-state index in [1.165, 1.54) is 18.2 Å². The summed E-state index contributed by atoms with van der Waals surface area (Å²) in [6, 6.07) is 12.8. The Balaban J connectivity index is 1.36. The second kappa shape index (κ2) is 8.52. The molecule has 4 rings (SSSR count). The maximum Gasteiger partial charge on any atom is 0.309 e. The molecule has 0 amide bonds. The molecule has 2 aromatic rings. The molecule has 1 atom stereocenters. The van der Waals surface area contributed by atoms with Crippen LogP contribution in [0.2, 0.25) is 0 Å². The molecule has 0 aromatic heterocycles. The number of hydrogen-bond donors (Lipinski definition) is 1. The Morgan fingerprint density at radius 3 is 2.50 bits per heavy atom. The Morgan fingerprint density at radius 1 is 1.13 bits per heavy atom. The van der Waals surface area contributed by atoms with Gasteiger partial charge in [0.05, 0.1) is 11.1 Å². The summed E-state index contributed by atoms with van der Waals surface area (Å²) in [5.41, 5.74) is 1.04. The van der Waals surface area contributed by atoms with Crippen LogP contribution in [0.1, 0.15) is 36.8 Å². The van der Waals surface area contributed by atoms with Crippen LogP contribution in [0.3, 0.4) is 0 Å². The van der Waals surface area contributed by atoms with Gasteiger partial charge in [-0.1, -0.05) is 35.5 Å². The fourth-order valence-electron chi connectivity index (χ4n) is 4.32. The topological polar surface area (TPSA) is 62.1 Å².